The fraction of sp³-hybridized carbons (Fsp3) is 0.524. The van der Waals surface area contributed by atoms with E-state index in [0.29, 0.717) is 0 Å². The number of imide groups is 1. The average Bonchev–Trinajstić information content (AvgIpc) is 3.18. The maximum Gasteiger partial charge on any atom is 0.303 e. The van der Waals surface area contributed by atoms with Gasteiger partial charge in [-0.1, -0.05) is 0 Å². The fourth-order valence-electron chi connectivity index (χ4n) is 3.17. The summed E-state index contributed by atoms with van der Waals surface area (Å²) in [6.45, 7) is 6.97. The summed E-state index contributed by atoms with van der Waals surface area (Å²) >= 11 is 0. The van der Waals surface area contributed by atoms with Crippen molar-refractivity contribution < 1.29 is 42.9 Å². The monoisotopic (exact) mass is 493 g/mol. The number of nitrogens with zero attached hydrogens (tertiary/aromatic N) is 5. The van der Waals surface area contributed by atoms with Crippen LogP contribution in [0.5, 0.6) is 0 Å². The Kier molecular flexibility index (Phi) is 9.34. The van der Waals surface area contributed by atoms with E-state index in [4.69, 9.17) is 18.9 Å². The van der Waals surface area contributed by atoms with E-state index in [2.05, 4.69) is 15.0 Å². The third kappa shape index (κ3) is 7.27. The van der Waals surface area contributed by atoms with Crippen LogP contribution in [-0.4, -0.2) is 74.7 Å². The highest BCUT2D eigenvalue weighted by molar-refractivity contribution is 6.15. The van der Waals surface area contributed by atoms with E-state index in [1.807, 2.05) is 0 Å². The molecule has 0 saturated carbocycles. The lowest BCUT2D eigenvalue weighted by Crippen LogP contribution is -2.42. The first kappa shape index (κ1) is 27.3. The highest BCUT2D eigenvalue weighted by atomic mass is 16.6. The molecule has 0 radical (unpaired) electrons. The van der Waals surface area contributed by atoms with Gasteiger partial charge in [-0.2, -0.15) is 0 Å². The van der Waals surface area contributed by atoms with E-state index in [0.717, 1.165) is 4.90 Å². The second kappa shape index (κ2) is 12.0. The summed E-state index contributed by atoms with van der Waals surface area (Å²) in [6, 6.07) is 0. The summed E-state index contributed by atoms with van der Waals surface area (Å²) < 4.78 is 22.8. The van der Waals surface area contributed by atoms with Gasteiger partial charge in [0.2, 0.25) is 11.8 Å². The molecular formula is C21H27N5O9. The molecule has 0 saturated heterocycles. The average molecular weight is 493 g/mol. The van der Waals surface area contributed by atoms with Crippen molar-refractivity contribution in [1.29, 1.82) is 0 Å². The van der Waals surface area contributed by atoms with Crippen LogP contribution in [-0.2, 0) is 42.9 Å². The molecule has 0 bridgehead atoms. The molecule has 190 valence electrons. The van der Waals surface area contributed by atoms with E-state index >= 15 is 0 Å². The van der Waals surface area contributed by atoms with E-state index < -0.39 is 48.2 Å². The van der Waals surface area contributed by atoms with Gasteiger partial charge in [-0.15, -0.1) is 0 Å². The van der Waals surface area contributed by atoms with Gasteiger partial charge in [0.1, 0.15) is 31.9 Å². The molecule has 0 aliphatic carbocycles. The highest BCUT2D eigenvalue weighted by Crippen LogP contribution is 2.25. The van der Waals surface area contributed by atoms with Gasteiger partial charge in [0, 0.05) is 34.6 Å². The van der Waals surface area contributed by atoms with Crippen LogP contribution in [0.1, 0.15) is 47.8 Å². The number of hydrogen-bond acceptors (Lipinski definition) is 12. The summed E-state index contributed by atoms with van der Waals surface area (Å²) in [7, 11) is 0. The minimum Gasteiger partial charge on any atom is -0.463 e. The molecule has 3 unspecified atom stereocenters. The quantitative estimate of drug-likeness (QED) is 0.336. The minimum absolute atomic E-state index is 0.00469. The summed E-state index contributed by atoms with van der Waals surface area (Å²) in [5.74, 6) is -2.96. The number of imidazole rings is 1. The van der Waals surface area contributed by atoms with Gasteiger partial charge in [0.25, 0.3) is 0 Å². The molecule has 2 rings (SSSR count). The molecule has 0 N–H and O–H groups in total. The molecule has 14 nitrogen and oxygen atoms in total. The van der Waals surface area contributed by atoms with E-state index in [1.54, 1.807) is 6.92 Å². The first-order valence-electron chi connectivity index (χ1n) is 10.5. The van der Waals surface area contributed by atoms with Crippen molar-refractivity contribution in [3.05, 3.63) is 12.7 Å². The number of fused-ring (bicyclic) bond motifs is 1. The number of rotatable bonds is 10. The zero-order valence-electron chi connectivity index (χ0n) is 20.2. The van der Waals surface area contributed by atoms with Gasteiger partial charge < -0.3 is 18.9 Å². The van der Waals surface area contributed by atoms with Crippen LogP contribution in [0.15, 0.2) is 12.7 Å². The predicted octanol–water partition coefficient (Wildman–Crippen LogP) is 0.687. The van der Waals surface area contributed by atoms with Gasteiger partial charge in [0.05, 0.1) is 6.33 Å². The van der Waals surface area contributed by atoms with Crippen molar-refractivity contribution in [3.63, 3.8) is 0 Å². The number of carbonyl (C=O) groups is 5. The Morgan fingerprint density at radius 3 is 1.94 bits per heavy atom. The third-order valence-electron chi connectivity index (χ3n) is 4.58. The first-order chi connectivity index (χ1) is 16.4. The molecule has 14 heteroatoms. The molecule has 3 atom stereocenters. The Labute approximate surface area is 200 Å². The van der Waals surface area contributed by atoms with Gasteiger partial charge in [0.15, 0.2) is 23.1 Å². The number of hydrogen-bond donors (Lipinski definition) is 0. The Hall–Kier alpha value is -3.94. The molecule has 2 heterocycles. The van der Waals surface area contributed by atoms with Crippen molar-refractivity contribution in [1.82, 2.24) is 19.5 Å². The molecule has 2 aromatic heterocycles. The zero-order valence-corrected chi connectivity index (χ0v) is 20.2. The number of carbonyl (C=O) groups excluding carboxylic acids is 5. The second-order valence-corrected chi connectivity index (χ2v) is 7.42. The number of ether oxygens (including phenoxy) is 4. The molecule has 2 amide bonds. The predicted molar refractivity (Wildman–Crippen MR) is 118 cm³/mol. The molecule has 0 aliphatic rings. The normalized spacial score (nSPS) is 13.4. The van der Waals surface area contributed by atoms with Crippen LogP contribution >= 0.6 is 0 Å². The number of amides is 2. The molecule has 0 fully saturated rings. The maximum absolute atomic E-state index is 12.0. The topological polar surface area (TPSA) is 169 Å². The molecule has 0 spiro atoms. The van der Waals surface area contributed by atoms with E-state index in [9.17, 15) is 24.0 Å². The summed E-state index contributed by atoms with van der Waals surface area (Å²) in [6.07, 6.45) is -0.435. The van der Waals surface area contributed by atoms with E-state index in [-0.39, 0.29) is 30.2 Å². The summed E-state index contributed by atoms with van der Waals surface area (Å²) in [4.78, 5) is 71.6. The van der Waals surface area contributed by atoms with Crippen LogP contribution in [0, 0.1) is 0 Å². The zero-order chi connectivity index (χ0) is 26.3. The van der Waals surface area contributed by atoms with Gasteiger partial charge in [-0.05, 0) is 6.92 Å². The van der Waals surface area contributed by atoms with Crippen molar-refractivity contribution in [3.8, 4) is 0 Å². The second-order valence-electron chi connectivity index (χ2n) is 7.42. The van der Waals surface area contributed by atoms with Crippen molar-refractivity contribution in [2.45, 2.75) is 60.0 Å². The Bertz CT molecular complexity index is 1100. The maximum atomic E-state index is 12.0. The van der Waals surface area contributed by atoms with Crippen molar-refractivity contribution in [2.75, 3.05) is 18.1 Å². The van der Waals surface area contributed by atoms with Crippen LogP contribution in [0.2, 0.25) is 0 Å². The van der Waals surface area contributed by atoms with Gasteiger partial charge >= 0.3 is 17.9 Å². The molecule has 2 aromatic rings. The smallest absolute Gasteiger partial charge is 0.303 e. The first-order valence-corrected chi connectivity index (χ1v) is 10.5. The van der Waals surface area contributed by atoms with Crippen LogP contribution in [0.3, 0.4) is 0 Å². The fourth-order valence-corrected chi connectivity index (χ4v) is 3.17. The van der Waals surface area contributed by atoms with Crippen LogP contribution in [0.4, 0.5) is 5.82 Å². The highest BCUT2D eigenvalue weighted by Gasteiger charge is 2.31. The van der Waals surface area contributed by atoms with Gasteiger partial charge in [-0.3, -0.25) is 28.5 Å². The Morgan fingerprint density at radius 2 is 1.43 bits per heavy atom. The molecular weight excluding hydrogens is 466 g/mol. The SMILES string of the molecule is CC(=O)OCC(OC(C)=O)C(COC(C)=O)OC(C)n1cnc2c(N(C(C)=O)C(C)=O)ncnc21. The summed E-state index contributed by atoms with van der Waals surface area (Å²) in [5, 5.41) is 0. The van der Waals surface area contributed by atoms with E-state index in [1.165, 1.54) is 51.8 Å². The Morgan fingerprint density at radius 1 is 0.857 bits per heavy atom. The largest absolute Gasteiger partial charge is 0.463 e. The van der Waals surface area contributed by atoms with Crippen LogP contribution in [0.25, 0.3) is 11.2 Å². The number of aromatic nitrogens is 4. The minimum atomic E-state index is -1.09. The molecule has 0 aromatic carbocycles. The summed E-state index contributed by atoms with van der Waals surface area (Å²) in [5.41, 5.74) is 0.409. The number of esters is 3. The Balaban J connectivity index is 2.40. The van der Waals surface area contributed by atoms with Crippen molar-refractivity contribution >= 4 is 46.7 Å². The van der Waals surface area contributed by atoms with Crippen molar-refractivity contribution in [2.24, 2.45) is 0 Å². The lowest BCUT2D eigenvalue weighted by Gasteiger charge is -2.29. The van der Waals surface area contributed by atoms with Crippen LogP contribution < -0.4 is 4.90 Å². The molecule has 35 heavy (non-hydrogen) atoms. The third-order valence-corrected chi connectivity index (χ3v) is 4.58. The lowest BCUT2D eigenvalue weighted by molar-refractivity contribution is -0.182. The molecule has 0 aliphatic heterocycles. The van der Waals surface area contributed by atoms with Gasteiger partial charge in [-0.25, -0.2) is 19.9 Å². The standard InChI is InChI=1S/C21H27N5O9/c1-11(27)26(12(2)28)21-19-20(22-9-23-21)25(10-24-19)13(3)34-17(7-32-14(4)29)18(35-16(6)31)8-33-15(5)30/h9-10,13,17-18H,7-8H2,1-6H3. The number of anilines is 1. The lowest BCUT2D eigenvalue weighted by atomic mass is 10.2.